The van der Waals surface area contributed by atoms with E-state index < -0.39 is 0 Å². The lowest BCUT2D eigenvalue weighted by Crippen LogP contribution is -2.40. The number of rotatable bonds is 4. The standard InChI is InChI=1S/C12H17N3O2/c1-9-3-5-10(6-4-9)15(2)12(17)8-14-11(16)7-13/h3-6H,7-8,13H2,1-2H3,(H,14,16). The molecule has 0 aliphatic heterocycles. The van der Waals surface area contributed by atoms with E-state index in [-0.39, 0.29) is 24.9 Å². The van der Waals surface area contributed by atoms with Crippen LogP contribution in [0.5, 0.6) is 0 Å². The monoisotopic (exact) mass is 235 g/mol. The van der Waals surface area contributed by atoms with Crippen LogP contribution in [0.1, 0.15) is 5.56 Å². The van der Waals surface area contributed by atoms with Crippen LogP contribution in [0.2, 0.25) is 0 Å². The van der Waals surface area contributed by atoms with Crippen LogP contribution >= 0.6 is 0 Å². The highest BCUT2D eigenvalue weighted by molar-refractivity contribution is 5.96. The number of amides is 2. The Morgan fingerprint density at radius 3 is 2.41 bits per heavy atom. The van der Waals surface area contributed by atoms with Crippen LogP contribution in [0, 0.1) is 6.92 Å². The van der Waals surface area contributed by atoms with Gasteiger partial charge in [0, 0.05) is 12.7 Å². The van der Waals surface area contributed by atoms with Gasteiger partial charge in [-0.2, -0.15) is 0 Å². The fourth-order valence-electron chi connectivity index (χ4n) is 1.28. The first-order chi connectivity index (χ1) is 8.04. The lowest BCUT2D eigenvalue weighted by molar-refractivity contribution is -0.124. The lowest BCUT2D eigenvalue weighted by Gasteiger charge is -2.17. The van der Waals surface area contributed by atoms with E-state index in [1.807, 2.05) is 31.2 Å². The number of anilines is 1. The number of carbonyl (C=O) groups excluding carboxylic acids is 2. The van der Waals surface area contributed by atoms with Crippen molar-refractivity contribution in [3.05, 3.63) is 29.8 Å². The average molecular weight is 235 g/mol. The Hall–Kier alpha value is -1.88. The molecule has 3 N–H and O–H groups in total. The molecule has 1 aromatic rings. The van der Waals surface area contributed by atoms with E-state index in [2.05, 4.69) is 5.32 Å². The van der Waals surface area contributed by atoms with Gasteiger partial charge in [0.15, 0.2) is 0 Å². The summed E-state index contributed by atoms with van der Waals surface area (Å²) in [7, 11) is 1.67. The number of nitrogens with two attached hydrogens (primary N) is 1. The number of hydrogen-bond acceptors (Lipinski definition) is 3. The van der Waals surface area contributed by atoms with Gasteiger partial charge in [-0.05, 0) is 19.1 Å². The van der Waals surface area contributed by atoms with Gasteiger partial charge >= 0.3 is 0 Å². The molecular formula is C12H17N3O2. The highest BCUT2D eigenvalue weighted by Gasteiger charge is 2.11. The molecule has 0 radical (unpaired) electrons. The third-order valence-electron chi connectivity index (χ3n) is 2.42. The first-order valence-electron chi connectivity index (χ1n) is 5.34. The largest absolute Gasteiger partial charge is 0.346 e. The fraction of sp³-hybridized carbons (Fsp3) is 0.333. The topological polar surface area (TPSA) is 75.4 Å². The zero-order valence-electron chi connectivity index (χ0n) is 10.1. The molecule has 0 fully saturated rings. The Kier molecular flexibility index (Phi) is 4.66. The summed E-state index contributed by atoms with van der Waals surface area (Å²) >= 11 is 0. The van der Waals surface area contributed by atoms with Crippen LogP contribution in [0.4, 0.5) is 5.69 Å². The van der Waals surface area contributed by atoms with Crippen LogP contribution in [0.15, 0.2) is 24.3 Å². The summed E-state index contributed by atoms with van der Waals surface area (Å²) in [5.41, 5.74) is 7.05. The van der Waals surface area contributed by atoms with Crippen LogP contribution in [0.3, 0.4) is 0 Å². The minimum atomic E-state index is -0.337. The Morgan fingerprint density at radius 2 is 1.88 bits per heavy atom. The Labute approximate surface area is 101 Å². The van der Waals surface area contributed by atoms with Crippen molar-refractivity contribution in [2.24, 2.45) is 5.73 Å². The van der Waals surface area contributed by atoms with Gasteiger partial charge < -0.3 is 16.0 Å². The number of nitrogens with one attached hydrogen (secondary N) is 1. The van der Waals surface area contributed by atoms with E-state index in [9.17, 15) is 9.59 Å². The zero-order chi connectivity index (χ0) is 12.8. The molecule has 0 saturated carbocycles. The molecule has 92 valence electrons. The maximum atomic E-state index is 11.7. The average Bonchev–Trinajstić information content (AvgIpc) is 2.35. The molecule has 0 unspecified atom stereocenters. The summed E-state index contributed by atoms with van der Waals surface area (Å²) in [6, 6.07) is 7.57. The predicted molar refractivity (Wildman–Crippen MR) is 66.7 cm³/mol. The van der Waals surface area contributed by atoms with Crippen LogP contribution < -0.4 is 16.0 Å². The molecule has 1 aromatic carbocycles. The molecule has 0 spiro atoms. The second-order valence-electron chi connectivity index (χ2n) is 3.77. The maximum Gasteiger partial charge on any atom is 0.246 e. The number of aryl methyl sites for hydroxylation is 1. The number of likely N-dealkylation sites (N-methyl/N-ethyl adjacent to an activating group) is 1. The van der Waals surface area contributed by atoms with Crippen LogP contribution in [-0.4, -0.2) is 32.0 Å². The van der Waals surface area contributed by atoms with Gasteiger partial charge in [0.05, 0.1) is 13.1 Å². The van der Waals surface area contributed by atoms with Gasteiger partial charge in [-0.15, -0.1) is 0 Å². The van der Waals surface area contributed by atoms with Gasteiger partial charge in [-0.1, -0.05) is 17.7 Å². The van der Waals surface area contributed by atoms with Crippen molar-refractivity contribution in [2.75, 3.05) is 25.0 Å². The van der Waals surface area contributed by atoms with Crippen molar-refractivity contribution in [3.63, 3.8) is 0 Å². The first kappa shape index (κ1) is 13.2. The second-order valence-corrected chi connectivity index (χ2v) is 3.77. The molecule has 0 saturated heterocycles. The predicted octanol–water partition coefficient (Wildman–Crippen LogP) is 0.0327. The Morgan fingerprint density at radius 1 is 1.29 bits per heavy atom. The van der Waals surface area contributed by atoms with Crippen molar-refractivity contribution in [3.8, 4) is 0 Å². The molecule has 1 rings (SSSR count). The molecule has 0 aliphatic carbocycles. The molecule has 0 aromatic heterocycles. The molecule has 5 heteroatoms. The first-order valence-corrected chi connectivity index (χ1v) is 5.34. The lowest BCUT2D eigenvalue weighted by atomic mass is 10.2. The van der Waals surface area contributed by atoms with E-state index in [1.165, 1.54) is 4.90 Å². The molecular weight excluding hydrogens is 218 g/mol. The van der Waals surface area contributed by atoms with Crippen molar-refractivity contribution in [1.82, 2.24) is 5.32 Å². The molecule has 5 nitrogen and oxygen atoms in total. The third kappa shape index (κ3) is 3.88. The molecule has 0 heterocycles. The third-order valence-corrected chi connectivity index (χ3v) is 2.42. The summed E-state index contributed by atoms with van der Waals surface area (Å²) < 4.78 is 0. The summed E-state index contributed by atoms with van der Waals surface area (Å²) in [5, 5.41) is 2.44. The summed E-state index contributed by atoms with van der Waals surface area (Å²) in [5.74, 6) is -0.522. The molecule has 17 heavy (non-hydrogen) atoms. The fourth-order valence-corrected chi connectivity index (χ4v) is 1.28. The highest BCUT2D eigenvalue weighted by atomic mass is 16.2. The normalized spacial score (nSPS) is 9.82. The Bertz CT molecular complexity index is 401. The van der Waals surface area contributed by atoms with E-state index in [0.717, 1.165) is 11.3 Å². The molecule has 0 atom stereocenters. The Balaban J connectivity index is 2.57. The highest BCUT2D eigenvalue weighted by Crippen LogP contribution is 2.13. The number of carbonyl (C=O) groups is 2. The van der Waals surface area contributed by atoms with Gasteiger partial charge in [-0.25, -0.2) is 0 Å². The second kappa shape index (κ2) is 6.00. The zero-order valence-corrected chi connectivity index (χ0v) is 10.1. The van der Waals surface area contributed by atoms with Gasteiger partial charge in [0.2, 0.25) is 11.8 Å². The number of hydrogen-bond donors (Lipinski definition) is 2. The number of nitrogens with zero attached hydrogens (tertiary/aromatic N) is 1. The quantitative estimate of drug-likeness (QED) is 0.773. The van der Waals surface area contributed by atoms with Crippen molar-refractivity contribution in [2.45, 2.75) is 6.92 Å². The van der Waals surface area contributed by atoms with E-state index in [1.54, 1.807) is 7.05 Å². The van der Waals surface area contributed by atoms with Crippen LogP contribution in [-0.2, 0) is 9.59 Å². The minimum Gasteiger partial charge on any atom is -0.346 e. The van der Waals surface area contributed by atoms with Gasteiger partial charge in [-0.3, -0.25) is 9.59 Å². The summed E-state index contributed by atoms with van der Waals surface area (Å²) in [6.45, 7) is 1.83. The SMILES string of the molecule is Cc1ccc(N(C)C(=O)CNC(=O)CN)cc1. The van der Waals surface area contributed by atoms with Gasteiger partial charge in [0.25, 0.3) is 0 Å². The van der Waals surface area contributed by atoms with Crippen molar-refractivity contribution >= 4 is 17.5 Å². The molecule has 0 bridgehead atoms. The maximum absolute atomic E-state index is 11.7. The van der Waals surface area contributed by atoms with E-state index in [0.29, 0.717) is 0 Å². The van der Waals surface area contributed by atoms with E-state index >= 15 is 0 Å². The minimum absolute atomic E-state index is 0.0413. The molecule has 0 aliphatic rings. The van der Waals surface area contributed by atoms with Crippen molar-refractivity contribution in [1.29, 1.82) is 0 Å². The summed E-state index contributed by atoms with van der Waals surface area (Å²) in [4.78, 5) is 24.1. The molecule has 2 amide bonds. The smallest absolute Gasteiger partial charge is 0.246 e. The van der Waals surface area contributed by atoms with Gasteiger partial charge in [0.1, 0.15) is 0 Å². The number of benzene rings is 1. The van der Waals surface area contributed by atoms with Crippen molar-refractivity contribution < 1.29 is 9.59 Å². The van der Waals surface area contributed by atoms with E-state index in [4.69, 9.17) is 5.73 Å². The summed E-state index contributed by atoms with van der Waals surface area (Å²) in [6.07, 6.45) is 0. The van der Waals surface area contributed by atoms with Crippen LogP contribution in [0.25, 0.3) is 0 Å².